The quantitative estimate of drug-likeness (QED) is 0.926. The maximum absolute atomic E-state index is 12.2. The first kappa shape index (κ1) is 15.8. The summed E-state index contributed by atoms with van der Waals surface area (Å²) in [7, 11) is 0. The number of rotatable bonds is 4. The van der Waals surface area contributed by atoms with Gasteiger partial charge in [0, 0.05) is 42.9 Å². The van der Waals surface area contributed by atoms with Crippen molar-refractivity contribution < 1.29 is 9.53 Å². The van der Waals surface area contributed by atoms with Gasteiger partial charge in [-0.2, -0.15) is 0 Å². The number of benzene rings is 1. The Labute approximate surface area is 136 Å². The van der Waals surface area contributed by atoms with Crippen molar-refractivity contribution in [1.82, 2.24) is 10.2 Å². The molecule has 0 aliphatic carbocycles. The zero-order chi connectivity index (χ0) is 15.4. The second-order valence-electron chi connectivity index (χ2n) is 6.29. The Morgan fingerprint density at radius 2 is 2.14 bits per heavy atom. The Morgan fingerprint density at radius 3 is 2.82 bits per heavy atom. The average Bonchev–Trinajstić information content (AvgIpc) is 3.02. The highest BCUT2D eigenvalue weighted by Gasteiger charge is 2.24. The molecule has 5 heteroatoms. The summed E-state index contributed by atoms with van der Waals surface area (Å²) in [5, 5.41) is 3.73. The number of ether oxygens (including phenoxy) is 1. The fraction of sp³-hybridized carbons (Fsp3) is 0.588. The molecule has 0 spiro atoms. The topological polar surface area (TPSA) is 41.6 Å². The summed E-state index contributed by atoms with van der Waals surface area (Å²) < 4.78 is 5.44. The molecule has 0 saturated carbocycles. The Kier molecular flexibility index (Phi) is 5.34. The zero-order valence-electron chi connectivity index (χ0n) is 12.8. The Hall–Kier alpha value is -1.10. The van der Waals surface area contributed by atoms with Gasteiger partial charge in [-0.1, -0.05) is 17.7 Å². The molecule has 0 unspecified atom stereocenters. The third-order valence-corrected chi connectivity index (χ3v) is 4.79. The van der Waals surface area contributed by atoms with Crippen LogP contribution in [0.2, 0.25) is 5.02 Å². The van der Waals surface area contributed by atoms with E-state index >= 15 is 0 Å². The molecule has 1 aromatic carbocycles. The number of carbonyl (C=O) groups excluding carboxylic acids is 1. The van der Waals surface area contributed by atoms with Crippen LogP contribution in [-0.2, 0) is 4.74 Å². The van der Waals surface area contributed by atoms with Gasteiger partial charge in [0.25, 0.3) is 5.91 Å². The minimum Gasteiger partial charge on any atom is -0.381 e. The van der Waals surface area contributed by atoms with E-state index in [9.17, 15) is 4.79 Å². The summed E-state index contributed by atoms with van der Waals surface area (Å²) in [4.78, 5) is 14.7. The fourth-order valence-corrected chi connectivity index (χ4v) is 3.44. The molecule has 1 N–H and O–H groups in total. The van der Waals surface area contributed by atoms with Crippen LogP contribution >= 0.6 is 11.6 Å². The number of hydrogen-bond donors (Lipinski definition) is 1. The predicted octanol–water partition coefficient (Wildman–Crippen LogP) is 2.57. The molecule has 120 valence electrons. The van der Waals surface area contributed by atoms with Gasteiger partial charge in [-0.3, -0.25) is 4.79 Å². The van der Waals surface area contributed by atoms with Crippen LogP contribution < -0.4 is 5.32 Å². The highest BCUT2D eigenvalue weighted by molar-refractivity contribution is 6.30. The van der Waals surface area contributed by atoms with Crippen molar-refractivity contribution in [2.24, 2.45) is 5.92 Å². The van der Waals surface area contributed by atoms with Gasteiger partial charge >= 0.3 is 0 Å². The molecular weight excluding hydrogens is 300 g/mol. The van der Waals surface area contributed by atoms with Gasteiger partial charge in [-0.15, -0.1) is 0 Å². The van der Waals surface area contributed by atoms with Gasteiger partial charge in [-0.25, -0.2) is 0 Å². The van der Waals surface area contributed by atoms with Crippen LogP contribution in [0.4, 0.5) is 0 Å². The molecule has 22 heavy (non-hydrogen) atoms. The van der Waals surface area contributed by atoms with E-state index in [0.29, 0.717) is 16.5 Å². The van der Waals surface area contributed by atoms with Crippen molar-refractivity contribution in [3.05, 3.63) is 34.9 Å². The number of carbonyl (C=O) groups is 1. The number of nitrogens with zero attached hydrogens (tertiary/aromatic N) is 1. The molecule has 1 aromatic rings. The smallest absolute Gasteiger partial charge is 0.251 e. The number of nitrogens with one attached hydrogen (secondary N) is 1. The van der Waals surface area contributed by atoms with Gasteiger partial charge < -0.3 is 15.0 Å². The molecule has 1 atom stereocenters. The number of hydrogen-bond acceptors (Lipinski definition) is 3. The SMILES string of the molecule is O=C(NC1CCN(C[C@H]2CCOC2)CC1)c1cccc(Cl)c1. The summed E-state index contributed by atoms with van der Waals surface area (Å²) >= 11 is 5.93. The summed E-state index contributed by atoms with van der Waals surface area (Å²) in [5.74, 6) is 0.669. The third-order valence-electron chi connectivity index (χ3n) is 4.55. The molecule has 0 bridgehead atoms. The van der Waals surface area contributed by atoms with Crippen LogP contribution in [0.5, 0.6) is 0 Å². The molecule has 3 rings (SSSR count). The number of amides is 1. The lowest BCUT2D eigenvalue weighted by Crippen LogP contribution is -2.45. The van der Waals surface area contributed by atoms with Crippen LogP contribution in [-0.4, -0.2) is 49.7 Å². The van der Waals surface area contributed by atoms with Gasteiger partial charge in [0.1, 0.15) is 0 Å². The standard InChI is InChI=1S/C17H23ClN2O2/c18-15-3-1-2-14(10-15)17(21)19-16-4-7-20(8-5-16)11-13-6-9-22-12-13/h1-3,10,13,16H,4-9,11-12H2,(H,19,21)/t13-/m1/s1. The van der Waals surface area contributed by atoms with Crippen LogP contribution in [0, 0.1) is 5.92 Å². The van der Waals surface area contributed by atoms with E-state index in [4.69, 9.17) is 16.3 Å². The summed E-state index contributed by atoms with van der Waals surface area (Å²) in [6.45, 7) is 5.06. The zero-order valence-corrected chi connectivity index (χ0v) is 13.5. The maximum atomic E-state index is 12.2. The van der Waals surface area contributed by atoms with E-state index in [-0.39, 0.29) is 11.9 Å². The number of halogens is 1. The van der Waals surface area contributed by atoms with Crippen molar-refractivity contribution in [3.8, 4) is 0 Å². The Balaban J connectivity index is 1.44. The molecule has 2 aliphatic heterocycles. The van der Waals surface area contributed by atoms with E-state index in [1.807, 2.05) is 6.07 Å². The van der Waals surface area contributed by atoms with Gasteiger partial charge in [0.2, 0.25) is 0 Å². The van der Waals surface area contributed by atoms with E-state index in [1.165, 1.54) is 6.42 Å². The van der Waals surface area contributed by atoms with Crippen LogP contribution in [0.1, 0.15) is 29.6 Å². The first-order chi connectivity index (χ1) is 10.7. The lowest BCUT2D eigenvalue weighted by molar-refractivity contribution is 0.0903. The molecule has 2 heterocycles. The van der Waals surface area contributed by atoms with E-state index in [0.717, 1.165) is 45.7 Å². The number of piperidine rings is 1. The molecule has 0 radical (unpaired) electrons. The Morgan fingerprint density at radius 1 is 1.32 bits per heavy atom. The molecule has 4 nitrogen and oxygen atoms in total. The highest BCUT2D eigenvalue weighted by Crippen LogP contribution is 2.18. The summed E-state index contributed by atoms with van der Waals surface area (Å²) in [6, 6.07) is 7.37. The van der Waals surface area contributed by atoms with Crippen molar-refractivity contribution in [2.45, 2.75) is 25.3 Å². The third kappa shape index (κ3) is 4.22. The number of likely N-dealkylation sites (tertiary alicyclic amines) is 1. The van der Waals surface area contributed by atoms with Crippen molar-refractivity contribution in [3.63, 3.8) is 0 Å². The Bertz CT molecular complexity index is 509. The second kappa shape index (κ2) is 7.44. The molecule has 2 saturated heterocycles. The van der Waals surface area contributed by atoms with Crippen molar-refractivity contribution in [2.75, 3.05) is 32.8 Å². The summed E-state index contributed by atoms with van der Waals surface area (Å²) in [6.07, 6.45) is 3.21. The minimum absolute atomic E-state index is 0.0230. The molecule has 2 fully saturated rings. The fourth-order valence-electron chi connectivity index (χ4n) is 3.25. The largest absolute Gasteiger partial charge is 0.381 e. The predicted molar refractivity (Wildman–Crippen MR) is 87.3 cm³/mol. The van der Waals surface area contributed by atoms with Crippen LogP contribution in [0.15, 0.2) is 24.3 Å². The van der Waals surface area contributed by atoms with E-state index in [2.05, 4.69) is 10.2 Å². The molecule has 0 aromatic heterocycles. The lowest BCUT2D eigenvalue weighted by atomic mass is 10.0. The first-order valence-electron chi connectivity index (χ1n) is 8.07. The maximum Gasteiger partial charge on any atom is 0.251 e. The van der Waals surface area contributed by atoms with E-state index in [1.54, 1.807) is 18.2 Å². The molecule has 1 amide bonds. The van der Waals surface area contributed by atoms with Crippen LogP contribution in [0.3, 0.4) is 0 Å². The monoisotopic (exact) mass is 322 g/mol. The van der Waals surface area contributed by atoms with Gasteiger partial charge in [0.05, 0.1) is 6.61 Å². The van der Waals surface area contributed by atoms with Gasteiger partial charge in [-0.05, 0) is 43.4 Å². The van der Waals surface area contributed by atoms with Crippen molar-refractivity contribution >= 4 is 17.5 Å². The van der Waals surface area contributed by atoms with Crippen molar-refractivity contribution in [1.29, 1.82) is 0 Å². The summed E-state index contributed by atoms with van der Waals surface area (Å²) in [5.41, 5.74) is 0.637. The lowest BCUT2D eigenvalue weighted by Gasteiger charge is -2.33. The first-order valence-corrected chi connectivity index (χ1v) is 8.45. The minimum atomic E-state index is -0.0230. The molecular formula is C17H23ClN2O2. The average molecular weight is 323 g/mol. The van der Waals surface area contributed by atoms with E-state index < -0.39 is 0 Å². The van der Waals surface area contributed by atoms with Crippen LogP contribution in [0.25, 0.3) is 0 Å². The second-order valence-corrected chi connectivity index (χ2v) is 6.72. The highest BCUT2D eigenvalue weighted by atomic mass is 35.5. The van der Waals surface area contributed by atoms with Gasteiger partial charge in [0.15, 0.2) is 0 Å². The molecule has 2 aliphatic rings. The normalized spacial score (nSPS) is 23.6.